The van der Waals surface area contributed by atoms with Crippen molar-refractivity contribution in [3.05, 3.63) is 92.9 Å². The number of halogens is 1. The molecule has 5 rings (SSSR count). The monoisotopic (exact) mass is 534 g/mol. The van der Waals surface area contributed by atoms with Crippen molar-refractivity contribution in [2.45, 2.75) is 13.0 Å². The number of ketones is 1. The molecule has 0 saturated carbocycles. The molecule has 1 fully saturated rings. The van der Waals surface area contributed by atoms with Crippen molar-refractivity contribution in [1.29, 1.82) is 0 Å². The summed E-state index contributed by atoms with van der Waals surface area (Å²) in [5.41, 5.74) is 1.92. The van der Waals surface area contributed by atoms with Gasteiger partial charge in [0.2, 0.25) is 0 Å². The van der Waals surface area contributed by atoms with Crippen LogP contribution >= 0.6 is 27.3 Å². The first-order valence-electron chi connectivity index (χ1n) is 10.4. The van der Waals surface area contributed by atoms with Crippen LogP contribution in [0, 0.1) is 6.92 Å². The summed E-state index contributed by atoms with van der Waals surface area (Å²) in [6, 6.07) is 17.5. The maximum atomic E-state index is 13.3. The Bertz CT molecular complexity index is 1490. The van der Waals surface area contributed by atoms with Gasteiger partial charge in [0.25, 0.3) is 5.78 Å². The fourth-order valence-electron chi connectivity index (χ4n) is 4.13. The number of Topliss-reactive ketones (excluding diaryl/α,β-unsaturated/α-hetero) is 1. The third kappa shape index (κ3) is 3.78. The van der Waals surface area contributed by atoms with E-state index in [1.165, 1.54) is 16.2 Å². The summed E-state index contributed by atoms with van der Waals surface area (Å²) < 4.78 is 6.08. The second-order valence-corrected chi connectivity index (χ2v) is 9.68. The predicted molar refractivity (Wildman–Crippen MR) is 136 cm³/mol. The number of amides is 1. The smallest absolute Gasteiger partial charge is 0.301 e. The molecule has 0 bridgehead atoms. The van der Waals surface area contributed by atoms with E-state index in [-0.39, 0.29) is 11.3 Å². The molecule has 1 aromatic heterocycles. The number of carbonyl (C=O) groups excluding carboxylic acids is 2. The maximum Gasteiger partial charge on any atom is 0.301 e. The van der Waals surface area contributed by atoms with Gasteiger partial charge in [-0.1, -0.05) is 46.3 Å². The molecule has 1 N–H and O–H groups in total. The van der Waals surface area contributed by atoms with E-state index in [9.17, 15) is 14.7 Å². The average Bonchev–Trinajstić information content (AvgIpc) is 3.38. The summed E-state index contributed by atoms with van der Waals surface area (Å²) >= 11 is 4.75. The number of hydrogen-bond acceptors (Lipinski definition) is 6. The van der Waals surface area contributed by atoms with Crippen LogP contribution in [-0.2, 0) is 9.59 Å². The lowest BCUT2D eigenvalue weighted by Crippen LogP contribution is -2.29. The SMILES string of the molecule is COc1ccc2cc(/C(O)=C3\C(=O)C(=O)N(c4nc(C)cs4)C3c3cccc(Br)c3)ccc2c1. The minimum atomic E-state index is -0.811. The van der Waals surface area contributed by atoms with Gasteiger partial charge in [0, 0.05) is 15.4 Å². The van der Waals surface area contributed by atoms with Crippen molar-refractivity contribution in [2.75, 3.05) is 12.0 Å². The number of ether oxygens (including phenoxy) is 1. The van der Waals surface area contributed by atoms with E-state index in [1.807, 2.05) is 60.8 Å². The van der Waals surface area contributed by atoms with E-state index in [0.29, 0.717) is 16.3 Å². The molecule has 3 aromatic carbocycles. The number of carbonyl (C=O) groups is 2. The molecule has 1 atom stereocenters. The molecule has 0 radical (unpaired) electrons. The van der Waals surface area contributed by atoms with Crippen molar-refractivity contribution in [2.24, 2.45) is 0 Å². The topological polar surface area (TPSA) is 79.7 Å². The highest BCUT2D eigenvalue weighted by Crippen LogP contribution is 2.43. The van der Waals surface area contributed by atoms with Crippen molar-refractivity contribution in [3.63, 3.8) is 0 Å². The molecule has 34 heavy (non-hydrogen) atoms. The van der Waals surface area contributed by atoms with Gasteiger partial charge >= 0.3 is 5.91 Å². The molecule has 1 aliphatic heterocycles. The number of fused-ring (bicyclic) bond motifs is 1. The van der Waals surface area contributed by atoms with Gasteiger partial charge in [-0.3, -0.25) is 14.5 Å². The number of methoxy groups -OCH3 is 1. The number of benzene rings is 3. The lowest BCUT2D eigenvalue weighted by atomic mass is 9.94. The van der Waals surface area contributed by atoms with Gasteiger partial charge in [-0.05, 0) is 53.6 Å². The summed E-state index contributed by atoms with van der Waals surface area (Å²) in [5, 5.41) is 15.4. The molecule has 0 aliphatic carbocycles. The fourth-order valence-corrected chi connectivity index (χ4v) is 5.37. The van der Waals surface area contributed by atoms with Gasteiger partial charge < -0.3 is 9.84 Å². The number of aryl methyl sites for hydroxylation is 1. The largest absolute Gasteiger partial charge is 0.507 e. The van der Waals surface area contributed by atoms with Gasteiger partial charge in [0.05, 0.1) is 24.4 Å². The Labute approximate surface area is 208 Å². The quantitative estimate of drug-likeness (QED) is 0.197. The third-order valence-corrected chi connectivity index (χ3v) is 7.19. The van der Waals surface area contributed by atoms with Crippen LogP contribution in [0.15, 0.2) is 76.1 Å². The van der Waals surface area contributed by atoms with Crippen molar-refractivity contribution >= 4 is 60.6 Å². The number of hydrogen-bond donors (Lipinski definition) is 1. The van der Waals surface area contributed by atoms with Crippen LogP contribution in [0.2, 0.25) is 0 Å². The van der Waals surface area contributed by atoms with Gasteiger partial charge in [-0.25, -0.2) is 4.98 Å². The number of rotatable bonds is 4. The fraction of sp³-hybridized carbons (Fsp3) is 0.115. The second kappa shape index (κ2) is 8.70. The Morgan fingerprint density at radius 2 is 1.85 bits per heavy atom. The Morgan fingerprint density at radius 1 is 1.09 bits per heavy atom. The minimum absolute atomic E-state index is 0.0313. The third-order valence-electron chi connectivity index (χ3n) is 5.74. The second-order valence-electron chi connectivity index (χ2n) is 7.92. The molecule has 0 spiro atoms. The van der Waals surface area contributed by atoms with Crippen molar-refractivity contribution in [1.82, 2.24) is 4.98 Å². The van der Waals surface area contributed by atoms with Crippen LogP contribution in [0.1, 0.15) is 22.9 Å². The molecule has 170 valence electrons. The van der Waals surface area contributed by atoms with Crippen LogP contribution in [0.4, 0.5) is 5.13 Å². The number of aliphatic hydroxyl groups excluding tert-OH is 1. The summed E-state index contributed by atoms with van der Waals surface area (Å²) in [4.78, 5) is 32.3. The molecule has 6 nitrogen and oxygen atoms in total. The van der Waals surface area contributed by atoms with E-state index < -0.39 is 17.7 Å². The highest BCUT2D eigenvalue weighted by molar-refractivity contribution is 9.10. The van der Waals surface area contributed by atoms with Gasteiger partial charge in [-0.2, -0.15) is 0 Å². The number of aliphatic hydroxyl groups is 1. The number of thiazole rings is 1. The summed E-state index contributed by atoms with van der Waals surface area (Å²) in [6.07, 6.45) is 0. The molecule has 1 unspecified atom stereocenters. The zero-order valence-electron chi connectivity index (χ0n) is 18.3. The molecular formula is C26H19BrN2O4S. The number of aromatic nitrogens is 1. The van der Waals surface area contributed by atoms with E-state index in [2.05, 4.69) is 20.9 Å². The highest BCUT2D eigenvalue weighted by atomic mass is 79.9. The first-order valence-corrected chi connectivity index (χ1v) is 12.1. The minimum Gasteiger partial charge on any atom is -0.507 e. The van der Waals surface area contributed by atoms with E-state index in [0.717, 1.165) is 26.7 Å². The lowest BCUT2D eigenvalue weighted by molar-refractivity contribution is -0.132. The first kappa shape index (κ1) is 22.3. The molecular weight excluding hydrogens is 516 g/mol. The summed E-state index contributed by atoms with van der Waals surface area (Å²) in [7, 11) is 1.60. The van der Waals surface area contributed by atoms with Crippen LogP contribution in [0.25, 0.3) is 16.5 Å². The summed E-state index contributed by atoms with van der Waals surface area (Å²) in [5.74, 6) is -0.961. The van der Waals surface area contributed by atoms with Crippen LogP contribution in [0.3, 0.4) is 0 Å². The van der Waals surface area contributed by atoms with E-state index >= 15 is 0 Å². The zero-order valence-corrected chi connectivity index (χ0v) is 20.7. The molecule has 8 heteroatoms. The molecule has 1 aliphatic rings. The van der Waals surface area contributed by atoms with Crippen molar-refractivity contribution < 1.29 is 19.4 Å². The first-order chi connectivity index (χ1) is 16.4. The van der Waals surface area contributed by atoms with Gasteiger partial charge in [0.15, 0.2) is 5.13 Å². The number of anilines is 1. The lowest BCUT2D eigenvalue weighted by Gasteiger charge is -2.23. The average molecular weight is 535 g/mol. The Balaban J connectivity index is 1.70. The van der Waals surface area contributed by atoms with Crippen LogP contribution < -0.4 is 9.64 Å². The number of nitrogens with zero attached hydrogens (tertiary/aromatic N) is 2. The van der Waals surface area contributed by atoms with Gasteiger partial charge in [-0.15, -0.1) is 11.3 Å². The molecule has 1 amide bonds. The van der Waals surface area contributed by atoms with Crippen LogP contribution in [0.5, 0.6) is 5.75 Å². The Hall–Kier alpha value is -3.49. The van der Waals surface area contributed by atoms with Crippen LogP contribution in [-0.4, -0.2) is 28.9 Å². The highest BCUT2D eigenvalue weighted by Gasteiger charge is 2.48. The standard InChI is InChI=1S/C26H19BrN2O4S/c1-14-13-34-26(28-14)29-22(17-4-3-5-19(27)11-17)21(24(31)25(29)32)23(30)18-7-6-16-12-20(33-2)9-8-15(16)10-18/h3-13,22,30H,1-2H3/b23-21+. The Kier molecular flexibility index (Phi) is 5.71. The maximum absolute atomic E-state index is 13.3. The van der Waals surface area contributed by atoms with Gasteiger partial charge in [0.1, 0.15) is 11.5 Å². The Morgan fingerprint density at radius 3 is 2.56 bits per heavy atom. The normalized spacial score (nSPS) is 17.5. The van der Waals surface area contributed by atoms with E-state index in [4.69, 9.17) is 4.74 Å². The van der Waals surface area contributed by atoms with Crippen molar-refractivity contribution in [3.8, 4) is 5.75 Å². The predicted octanol–water partition coefficient (Wildman–Crippen LogP) is 6.00. The molecule has 4 aromatic rings. The zero-order chi connectivity index (χ0) is 24.0. The summed E-state index contributed by atoms with van der Waals surface area (Å²) in [6.45, 7) is 1.83. The van der Waals surface area contributed by atoms with E-state index in [1.54, 1.807) is 19.2 Å². The molecule has 2 heterocycles. The molecule has 1 saturated heterocycles.